The van der Waals surface area contributed by atoms with E-state index < -0.39 is 5.41 Å². The molecule has 3 aliphatic rings. The van der Waals surface area contributed by atoms with E-state index in [0.717, 1.165) is 22.3 Å². The Morgan fingerprint density at radius 1 is 0.620 bits per heavy atom. The average molecular weight is 638 g/mol. The molecule has 3 aliphatic carbocycles. The molecule has 0 bridgehead atoms. The molecule has 7 aromatic rings. The van der Waals surface area contributed by atoms with Crippen molar-refractivity contribution in [2.75, 3.05) is 0 Å². The van der Waals surface area contributed by atoms with Crippen LogP contribution in [0.2, 0.25) is 0 Å². The third kappa shape index (κ3) is 3.53. The van der Waals surface area contributed by atoms with Crippen molar-refractivity contribution in [1.29, 1.82) is 5.41 Å². The number of allylic oxidation sites excluding steroid dienone is 5. The average Bonchev–Trinajstić information content (AvgIpc) is 3.76. The third-order valence-corrected chi connectivity index (χ3v) is 10.9. The maximum absolute atomic E-state index is 9.21. The second kappa shape index (κ2) is 10.5. The highest BCUT2D eigenvalue weighted by molar-refractivity contribution is 6.30. The number of amidine groups is 2. The van der Waals surface area contributed by atoms with Crippen LogP contribution in [0.15, 0.2) is 169 Å². The summed E-state index contributed by atoms with van der Waals surface area (Å²) in [5.74, 6) is 0.447. The van der Waals surface area contributed by atoms with Gasteiger partial charge in [-0.15, -0.1) is 0 Å². The van der Waals surface area contributed by atoms with Gasteiger partial charge in [0.2, 0.25) is 0 Å². The Bertz CT molecular complexity index is 2740. The Hall–Kier alpha value is -6.58. The van der Waals surface area contributed by atoms with Gasteiger partial charge in [0, 0.05) is 11.1 Å². The Balaban J connectivity index is 1.31. The fraction of sp³-hybridized carbons (Fsp3) is 0.0213. The lowest BCUT2D eigenvalue weighted by Gasteiger charge is -2.29. The van der Waals surface area contributed by atoms with E-state index in [-0.39, 0.29) is 5.84 Å². The Morgan fingerprint density at radius 3 is 2.10 bits per heavy atom. The molecule has 0 heterocycles. The number of benzene rings is 7. The molecule has 3 heteroatoms. The van der Waals surface area contributed by atoms with Gasteiger partial charge in [0.15, 0.2) is 5.84 Å². The number of fused-ring (bicyclic) bond motifs is 7. The molecule has 3 N–H and O–H groups in total. The van der Waals surface area contributed by atoms with E-state index in [9.17, 15) is 5.41 Å². The molecular weight excluding hydrogens is 607 g/mol. The number of nitrogens with zero attached hydrogens (tertiary/aromatic N) is 1. The molecular formula is C47H31N3. The first kappa shape index (κ1) is 28.4. The molecule has 50 heavy (non-hydrogen) atoms. The van der Waals surface area contributed by atoms with E-state index in [0.29, 0.717) is 5.84 Å². The topological polar surface area (TPSA) is 62.2 Å². The van der Waals surface area contributed by atoms with Crippen LogP contribution in [-0.4, -0.2) is 11.7 Å². The molecule has 0 radical (unpaired) electrons. The highest BCUT2D eigenvalue weighted by atomic mass is 14.9. The molecule has 1 unspecified atom stereocenters. The number of nitrogens with one attached hydrogen (secondary N) is 1. The highest BCUT2D eigenvalue weighted by Gasteiger charge is 2.58. The van der Waals surface area contributed by atoms with Gasteiger partial charge in [-0.2, -0.15) is 0 Å². The number of nitrogens with two attached hydrogens (primary N) is 1. The monoisotopic (exact) mass is 637 g/mol. The molecule has 0 aromatic heterocycles. The standard InChI is InChI=1S/C47H31N3/c1-2-3-17-36-40-31(30-19-8-10-21-34(30)46(49)50-45(48)28-15-5-4-6-16-28)24-14-27-39(40)47-38-26-12-11-22-35(38)41-32-20-9-7-18-29(32)33-23-13-25-37(43(36)47)42(33)44(41)47/h2-27H,1H2,(H3,48,49,50)/b17-3-. The van der Waals surface area contributed by atoms with Gasteiger partial charge in [-0.25, -0.2) is 4.99 Å². The molecule has 1 spiro atoms. The van der Waals surface area contributed by atoms with E-state index in [1.165, 1.54) is 71.6 Å². The molecule has 0 fully saturated rings. The maximum atomic E-state index is 9.21. The maximum Gasteiger partial charge on any atom is 0.154 e. The van der Waals surface area contributed by atoms with Crippen LogP contribution < -0.4 is 5.73 Å². The molecule has 3 nitrogen and oxygen atoms in total. The first-order valence-corrected chi connectivity index (χ1v) is 17.0. The Kier molecular flexibility index (Phi) is 5.95. The number of rotatable bonds is 5. The third-order valence-electron chi connectivity index (χ3n) is 10.9. The van der Waals surface area contributed by atoms with Crippen LogP contribution in [0, 0.1) is 5.41 Å². The van der Waals surface area contributed by atoms with Gasteiger partial charge in [-0.3, -0.25) is 5.41 Å². The largest absolute Gasteiger partial charge is 0.383 e. The molecule has 0 saturated heterocycles. The summed E-state index contributed by atoms with van der Waals surface area (Å²) in [6, 6.07) is 49.1. The van der Waals surface area contributed by atoms with Crippen molar-refractivity contribution >= 4 is 44.4 Å². The zero-order chi connectivity index (χ0) is 33.6. The lowest BCUT2D eigenvalue weighted by Crippen LogP contribution is -2.23. The second-order valence-corrected chi connectivity index (χ2v) is 13.2. The molecule has 1 atom stereocenters. The minimum absolute atomic E-state index is 0.127. The van der Waals surface area contributed by atoms with Gasteiger partial charge >= 0.3 is 0 Å². The van der Waals surface area contributed by atoms with Gasteiger partial charge in [0.1, 0.15) is 5.84 Å². The fourth-order valence-corrected chi connectivity index (χ4v) is 9.10. The number of hydrogen-bond acceptors (Lipinski definition) is 1. The van der Waals surface area contributed by atoms with Gasteiger partial charge in [-0.1, -0.05) is 164 Å². The van der Waals surface area contributed by atoms with E-state index in [1.54, 1.807) is 0 Å². The van der Waals surface area contributed by atoms with Crippen LogP contribution in [0.4, 0.5) is 0 Å². The normalized spacial score (nSPS) is 16.7. The van der Waals surface area contributed by atoms with Crippen molar-refractivity contribution in [2.45, 2.75) is 5.41 Å². The van der Waals surface area contributed by atoms with Gasteiger partial charge in [-0.05, 0) is 82.8 Å². The predicted molar refractivity (Wildman–Crippen MR) is 209 cm³/mol. The van der Waals surface area contributed by atoms with E-state index in [2.05, 4.69) is 115 Å². The van der Waals surface area contributed by atoms with E-state index in [1.807, 2.05) is 54.6 Å². The van der Waals surface area contributed by atoms with Gasteiger partial charge in [0.25, 0.3) is 0 Å². The summed E-state index contributed by atoms with van der Waals surface area (Å²) in [5.41, 5.74) is 21.1. The highest BCUT2D eigenvalue weighted by Crippen LogP contribution is 2.72. The smallest absolute Gasteiger partial charge is 0.154 e. The lowest BCUT2D eigenvalue weighted by atomic mass is 9.71. The lowest BCUT2D eigenvalue weighted by molar-refractivity contribution is 0.867. The fourth-order valence-electron chi connectivity index (χ4n) is 9.10. The van der Waals surface area contributed by atoms with Gasteiger partial charge < -0.3 is 5.73 Å². The summed E-state index contributed by atoms with van der Waals surface area (Å²) < 4.78 is 0. The summed E-state index contributed by atoms with van der Waals surface area (Å²) in [6.07, 6.45) is 6.16. The quantitative estimate of drug-likeness (QED) is 0.0839. The van der Waals surface area contributed by atoms with Crippen molar-refractivity contribution < 1.29 is 0 Å². The second-order valence-electron chi connectivity index (χ2n) is 13.2. The first-order valence-electron chi connectivity index (χ1n) is 17.0. The summed E-state index contributed by atoms with van der Waals surface area (Å²) >= 11 is 0. The van der Waals surface area contributed by atoms with E-state index >= 15 is 0 Å². The Labute approximate surface area is 290 Å². The van der Waals surface area contributed by atoms with Crippen molar-refractivity contribution in [3.63, 3.8) is 0 Å². The van der Waals surface area contributed by atoms with Crippen LogP contribution in [0.25, 0.3) is 54.9 Å². The summed E-state index contributed by atoms with van der Waals surface area (Å²) in [7, 11) is 0. The number of hydrogen-bond donors (Lipinski definition) is 2. The van der Waals surface area contributed by atoms with Crippen LogP contribution in [-0.2, 0) is 5.41 Å². The molecule has 0 aliphatic heterocycles. The summed E-state index contributed by atoms with van der Waals surface area (Å²) in [4.78, 5) is 4.61. The van der Waals surface area contributed by atoms with Gasteiger partial charge in [0.05, 0.1) is 5.41 Å². The molecule has 7 aromatic carbocycles. The zero-order valence-electron chi connectivity index (χ0n) is 27.2. The van der Waals surface area contributed by atoms with Crippen molar-refractivity contribution in [1.82, 2.24) is 0 Å². The zero-order valence-corrected chi connectivity index (χ0v) is 27.2. The minimum atomic E-state index is -0.484. The predicted octanol–water partition coefficient (Wildman–Crippen LogP) is 10.7. The SMILES string of the molecule is C=C/C=C\C1=C2c3cccc4c3c3c(c5ccccc54)-c4ccccc4C23c2cccc(-c3ccccc3C(=N)N=C(N)c3ccccc3)c21. The van der Waals surface area contributed by atoms with Crippen molar-refractivity contribution in [3.8, 4) is 22.3 Å². The Morgan fingerprint density at radius 2 is 1.26 bits per heavy atom. The molecule has 0 amide bonds. The number of aliphatic imine (C=N–C) groups is 1. The first-order chi connectivity index (χ1) is 24.6. The molecule has 234 valence electrons. The summed E-state index contributed by atoms with van der Waals surface area (Å²) in [5, 5.41) is 14.4. The van der Waals surface area contributed by atoms with Crippen LogP contribution in [0.5, 0.6) is 0 Å². The van der Waals surface area contributed by atoms with Crippen molar-refractivity contribution in [2.24, 2.45) is 10.7 Å². The minimum Gasteiger partial charge on any atom is -0.383 e. The molecule has 10 rings (SSSR count). The van der Waals surface area contributed by atoms with Crippen LogP contribution in [0.1, 0.15) is 38.9 Å². The van der Waals surface area contributed by atoms with E-state index in [4.69, 9.17) is 5.73 Å². The van der Waals surface area contributed by atoms with Crippen LogP contribution in [0.3, 0.4) is 0 Å². The molecule has 0 saturated carbocycles. The summed E-state index contributed by atoms with van der Waals surface area (Å²) in [6.45, 7) is 4.07. The van der Waals surface area contributed by atoms with Crippen LogP contribution >= 0.6 is 0 Å². The van der Waals surface area contributed by atoms with Crippen molar-refractivity contribution in [3.05, 3.63) is 203 Å².